The van der Waals surface area contributed by atoms with Crippen molar-refractivity contribution in [3.8, 4) is 17.2 Å². The van der Waals surface area contributed by atoms with Crippen LogP contribution in [0.4, 0.5) is 0 Å². The Balaban J connectivity index is 1.75. The fourth-order valence-corrected chi connectivity index (χ4v) is 2.95. The summed E-state index contributed by atoms with van der Waals surface area (Å²) in [5.41, 5.74) is 1.74. The van der Waals surface area contributed by atoms with E-state index in [0.29, 0.717) is 42.8 Å². The van der Waals surface area contributed by atoms with Gasteiger partial charge in [-0.25, -0.2) is 9.79 Å². The van der Waals surface area contributed by atoms with Gasteiger partial charge in [-0.1, -0.05) is 26.0 Å². The average molecular weight is 424 g/mol. The Hall–Kier alpha value is -3.28. The molecule has 1 heterocycles. The molecule has 2 aromatic carbocycles. The van der Waals surface area contributed by atoms with Crippen LogP contribution in [-0.2, 0) is 9.53 Å². The molecule has 0 N–H and O–H groups in total. The predicted octanol–water partition coefficient (Wildman–Crippen LogP) is 5.25. The average Bonchev–Trinajstić information content (AvgIpc) is 3.11. The molecule has 0 fully saturated rings. The third kappa shape index (κ3) is 6.10. The fourth-order valence-electron chi connectivity index (χ4n) is 2.95. The number of ether oxygens (including phenoxy) is 4. The Morgan fingerprint density at radius 1 is 0.968 bits per heavy atom. The van der Waals surface area contributed by atoms with Gasteiger partial charge in [0.15, 0.2) is 17.2 Å². The summed E-state index contributed by atoms with van der Waals surface area (Å²) in [6.45, 7) is 9.86. The van der Waals surface area contributed by atoms with Crippen LogP contribution >= 0.6 is 0 Å². The highest BCUT2D eigenvalue weighted by Crippen LogP contribution is 2.30. The molecule has 6 nitrogen and oxygen atoms in total. The van der Waals surface area contributed by atoms with Crippen LogP contribution < -0.4 is 14.2 Å². The highest BCUT2D eigenvalue weighted by Gasteiger charge is 2.25. The van der Waals surface area contributed by atoms with Crippen LogP contribution in [0.1, 0.15) is 45.2 Å². The molecule has 0 aliphatic carbocycles. The molecule has 6 heteroatoms. The molecule has 0 saturated carbocycles. The van der Waals surface area contributed by atoms with Crippen LogP contribution in [0.5, 0.6) is 17.2 Å². The maximum absolute atomic E-state index is 12.3. The van der Waals surface area contributed by atoms with Crippen LogP contribution in [0.2, 0.25) is 0 Å². The largest absolute Gasteiger partial charge is 0.494 e. The maximum atomic E-state index is 12.3. The highest BCUT2D eigenvalue weighted by atomic mass is 16.6. The molecule has 1 aliphatic heterocycles. The normalized spacial score (nSPS) is 14.5. The van der Waals surface area contributed by atoms with Crippen molar-refractivity contribution in [3.05, 3.63) is 59.3 Å². The molecule has 0 aromatic heterocycles. The van der Waals surface area contributed by atoms with Crippen molar-refractivity contribution < 1.29 is 23.7 Å². The van der Waals surface area contributed by atoms with Crippen LogP contribution in [0, 0.1) is 5.92 Å². The fraction of sp³-hybridized carbons (Fsp3) is 0.360. The first kappa shape index (κ1) is 22.4. The zero-order valence-corrected chi connectivity index (χ0v) is 18.5. The van der Waals surface area contributed by atoms with E-state index in [9.17, 15) is 4.79 Å². The summed E-state index contributed by atoms with van der Waals surface area (Å²) >= 11 is 0. The number of nitrogens with zero attached hydrogens (tertiary/aromatic N) is 1. The molecule has 0 unspecified atom stereocenters. The van der Waals surface area contributed by atoms with Crippen LogP contribution in [0.25, 0.3) is 6.08 Å². The van der Waals surface area contributed by atoms with Gasteiger partial charge in [0.05, 0.1) is 19.8 Å². The molecule has 0 atom stereocenters. The third-order valence-electron chi connectivity index (χ3n) is 4.56. The van der Waals surface area contributed by atoms with E-state index in [-0.39, 0.29) is 11.6 Å². The van der Waals surface area contributed by atoms with Gasteiger partial charge in [0.25, 0.3) is 0 Å². The van der Waals surface area contributed by atoms with Gasteiger partial charge in [0.2, 0.25) is 5.90 Å². The lowest BCUT2D eigenvalue weighted by atomic mass is 10.1. The van der Waals surface area contributed by atoms with E-state index in [0.717, 1.165) is 17.7 Å². The molecule has 31 heavy (non-hydrogen) atoms. The van der Waals surface area contributed by atoms with Crippen molar-refractivity contribution in [1.29, 1.82) is 0 Å². The summed E-state index contributed by atoms with van der Waals surface area (Å²) < 4.78 is 22.3. The van der Waals surface area contributed by atoms with E-state index < -0.39 is 5.97 Å². The van der Waals surface area contributed by atoms with Gasteiger partial charge in [-0.15, -0.1) is 0 Å². The van der Waals surface area contributed by atoms with E-state index in [2.05, 4.69) is 18.8 Å². The minimum Gasteiger partial charge on any atom is -0.494 e. The second-order valence-corrected chi connectivity index (χ2v) is 7.46. The zero-order valence-electron chi connectivity index (χ0n) is 18.5. The third-order valence-corrected chi connectivity index (χ3v) is 4.56. The predicted molar refractivity (Wildman–Crippen MR) is 121 cm³/mol. The van der Waals surface area contributed by atoms with Gasteiger partial charge >= 0.3 is 5.97 Å². The molecule has 0 amide bonds. The molecule has 0 saturated heterocycles. The monoisotopic (exact) mass is 423 g/mol. The van der Waals surface area contributed by atoms with E-state index in [1.54, 1.807) is 24.3 Å². The van der Waals surface area contributed by atoms with Gasteiger partial charge in [-0.2, -0.15) is 0 Å². The number of esters is 1. The molecule has 1 aliphatic rings. The SMILES string of the molecule is CCOc1ccc(C2=NC(=Cc3ccc(OCCC(C)C)cc3)C(=O)O2)cc1OCC. The van der Waals surface area contributed by atoms with Crippen molar-refractivity contribution in [3.63, 3.8) is 0 Å². The number of rotatable bonds is 10. The van der Waals surface area contributed by atoms with E-state index >= 15 is 0 Å². The van der Waals surface area contributed by atoms with Gasteiger partial charge in [0, 0.05) is 5.56 Å². The maximum Gasteiger partial charge on any atom is 0.363 e. The molecule has 0 spiro atoms. The van der Waals surface area contributed by atoms with Crippen LogP contribution in [0.15, 0.2) is 53.2 Å². The van der Waals surface area contributed by atoms with Crippen molar-refractivity contribution in [2.45, 2.75) is 34.1 Å². The number of carbonyl (C=O) groups is 1. The molecule has 2 aromatic rings. The Morgan fingerprint density at radius 2 is 1.68 bits per heavy atom. The summed E-state index contributed by atoms with van der Waals surface area (Å²) in [6, 6.07) is 12.9. The van der Waals surface area contributed by atoms with Gasteiger partial charge in [0.1, 0.15) is 5.75 Å². The Bertz CT molecular complexity index is 960. The van der Waals surface area contributed by atoms with E-state index in [1.165, 1.54) is 0 Å². The zero-order chi connectivity index (χ0) is 22.2. The van der Waals surface area contributed by atoms with E-state index in [1.807, 2.05) is 38.1 Å². The van der Waals surface area contributed by atoms with Crippen molar-refractivity contribution in [2.24, 2.45) is 10.9 Å². The van der Waals surface area contributed by atoms with Gasteiger partial charge < -0.3 is 18.9 Å². The number of hydrogen-bond acceptors (Lipinski definition) is 6. The summed E-state index contributed by atoms with van der Waals surface area (Å²) in [5.74, 6) is 2.40. The number of benzene rings is 2. The number of hydrogen-bond donors (Lipinski definition) is 0. The summed E-state index contributed by atoms with van der Waals surface area (Å²) in [6.07, 6.45) is 2.71. The standard InChI is InChI=1S/C25H29NO5/c1-5-28-22-12-9-19(16-23(22)29-6-2)24-26-21(25(27)31-24)15-18-7-10-20(11-8-18)30-14-13-17(3)4/h7-12,15-17H,5-6,13-14H2,1-4H3. The lowest BCUT2D eigenvalue weighted by Crippen LogP contribution is -2.06. The first-order chi connectivity index (χ1) is 15.0. The molecule has 164 valence electrons. The Kier molecular flexibility index (Phi) is 7.70. The molecular formula is C25H29NO5. The van der Waals surface area contributed by atoms with Crippen molar-refractivity contribution >= 4 is 17.9 Å². The smallest absolute Gasteiger partial charge is 0.363 e. The van der Waals surface area contributed by atoms with Crippen molar-refractivity contribution in [2.75, 3.05) is 19.8 Å². The Labute approximate surface area is 183 Å². The Morgan fingerprint density at radius 3 is 2.35 bits per heavy atom. The topological polar surface area (TPSA) is 66.4 Å². The lowest BCUT2D eigenvalue weighted by molar-refractivity contribution is -0.129. The summed E-state index contributed by atoms with van der Waals surface area (Å²) in [7, 11) is 0. The minimum absolute atomic E-state index is 0.244. The second kappa shape index (κ2) is 10.7. The first-order valence-corrected chi connectivity index (χ1v) is 10.7. The number of carbonyl (C=O) groups excluding carboxylic acids is 1. The van der Waals surface area contributed by atoms with Crippen LogP contribution in [-0.4, -0.2) is 31.7 Å². The summed E-state index contributed by atoms with van der Waals surface area (Å²) in [4.78, 5) is 16.7. The number of cyclic esters (lactones) is 1. The quantitative estimate of drug-likeness (QED) is 0.386. The second-order valence-electron chi connectivity index (χ2n) is 7.46. The number of aliphatic imine (C=N–C) groups is 1. The highest BCUT2D eigenvalue weighted by molar-refractivity contribution is 6.13. The first-order valence-electron chi connectivity index (χ1n) is 10.7. The lowest BCUT2D eigenvalue weighted by Gasteiger charge is -2.11. The molecule has 0 bridgehead atoms. The summed E-state index contributed by atoms with van der Waals surface area (Å²) in [5, 5.41) is 0. The molecule has 0 radical (unpaired) electrons. The molecular weight excluding hydrogens is 394 g/mol. The van der Waals surface area contributed by atoms with Gasteiger partial charge in [-0.05, 0) is 68.2 Å². The molecule has 3 rings (SSSR count). The minimum atomic E-state index is -0.487. The van der Waals surface area contributed by atoms with Gasteiger partial charge in [-0.3, -0.25) is 0 Å². The van der Waals surface area contributed by atoms with E-state index in [4.69, 9.17) is 18.9 Å². The van der Waals surface area contributed by atoms with Crippen molar-refractivity contribution in [1.82, 2.24) is 0 Å². The van der Waals surface area contributed by atoms with Crippen LogP contribution in [0.3, 0.4) is 0 Å².